The summed E-state index contributed by atoms with van der Waals surface area (Å²) in [6.45, 7) is 1.96. The second kappa shape index (κ2) is 7.57. The van der Waals surface area contributed by atoms with Crippen LogP contribution in [0.1, 0.15) is 17.2 Å². The molecular weight excluding hydrogens is 318 g/mol. The first-order chi connectivity index (χ1) is 12.2. The number of hydrogen-bond donors (Lipinski definition) is 1. The molecule has 1 amide bonds. The fraction of sp³-hybridized carbons (Fsp3) is 0.222. The first kappa shape index (κ1) is 16.6. The number of anilines is 1. The van der Waals surface area contributed by atoms with Crippen LogP contribution in [0.15, 0.2) is 54.9 Å². The van der Waals surface area contributed by atoms with E-state index in [1.807, 2.05) is 55.5 Å². The van der Waals surface area contributed by atoms with Crippen molar-refractivity contribution in [1.29, 1.82) is 0 Å². The number of carbonyl (C=O) groups is 1. The maximum absolute atomic E-state index is 12.9. The minimum Gasteiger partial charge on any atom is -0.495 e. The highest BCUT2D eigenvalue weighted by atomic mass is 16.5. The first-order valence-corrected chi connectivity index (χ1v) is 7.89. The molecule has 1 heterocycles. The van der Waals surface area contributed by atoms with Crippen LogP contribution in [0, 0.1) is 6.92 Å². The molecule has 128 valence electrons. The number of aryl methyl sites for hydroxylation is 1. The van der Waals surface area contributed by atoms with E-state index in [4.69, 9.17) is 4.74 Å². The van der Waals surface area contributed by atoms with Crippen molar-refractivity contribution in [2.45, 2.75) is 19.4 Å². The van der Waals surface area contributed by atoms with Crippen molar-refractivity contribution in [3.63, 3.8) is 0 Å². The van der Waals surface area contributed by atoms with Gasteiger partial charge in [-0.2, -0.15) is 0 Å². The fourth-order valence-corrected chi connectivity index (χ4v) is 2.59. The summed E-state index contributed by atoms with van der Waals surface area (Å²) in [5.41, 5.74) is 2.67. The van der Waals surface area contributed by atoms with Gasteiger partial charge in [-0.25, -0.2) is 4.68 Å². The van der Waals surface area contributed by atoms with Crippen LogP contribution in [0.25, 0.3) is 0 Å². The molecule has 25 heavy (non-hydrogen) atoms. The molecule has 0 fully saturated rings. The molecule has 0 saturated carbocycles. The van der Waals surface area contributed by atoms with E-state index in [0.717, 1.165) is 11.1 Å². The average molecular weight is 337 g/mol. The Morgan fingerprint density at radius 1 is 1.24 bits per heavy atom. The van der Waals surface area contributed by atoms with Crippen LogP contribution in [0.5, 0.6) is 5.75 Å². The SMILES string of the molecule is COc1ccc(C)cc1NC(=O)C(Cc1ccccc1)n1cnnn1. The molecule has 0 aliphatic heterocycles. The molecule has 7 heteroatoms. The minimum absolute atomic E-state index is 0.208. The van der Waals surface area contributed by atoms with E-state index in [-0.39, 0.29) is 5.91 Å². The maximum Gasteiger partial charge on any atom is 0.249 e. The molecule has 2 aromatic carbocycles. The van der Waals surface area contributed by atoms with Gasteiger partial charge in [0.15, 0.2) is 0 Å². The van der Waals surface area contributed by atoms with Crippen molar-refractivity contribution in [2.75, 3.05) is 12.4 Å². The number of carbonyl (C=O) groups excluding carboxylic acids is 1. The molecule has 0 radical (unpaired) electrons. The number of benzene rings is 2. The van der Waals surface area contributed by atoms with E-state index in [9.17, 15) is 4.79 Å². The number of aromatic nitrogens is 4. The molecule has 0 bridgehead atoms. The van der Waals surface area contributed by atoms with Gasteiger partial charge in [0.05, 0.1) is 12.8 Å². The van der Waals surface area contributed by atoms with E-state index in [1.165, 1.54) is 11.0 Å². The highest BCUT2D eigenvalue weighted by Gasteiger charge is 2.23. The number of nitrogens with zero attached hydrogens (tertiary/aromatic N) is 4. The van der Waals surface area contributed by atoms with E-state index in [2.05, 4.69) is 20.8 Å². The Labute approximate surface area is 145 Å². The molecule has 1 atom stereocenters. The highest BCUT2D eigenvalue weighted by Crippen LogP contribution is 2.26. The van der Waals surface area contributed by atoms with E-state index in [0.29, 0.717) is 17.9 Å². The van der Waals surface area contributed by atoms with Gasteiger partial charge in [-0.1, -0.05) is 36.4 Å². The Hall–Kier alpha value is -3.22. The van der Waals surface area contributed by atoms with Gasteiger partial charge in [0.1, 0.15) is 18.1 Å². The monoisotopic (exact) mass is 337 g/mol. The smallest absolute Gasteiger partial charge is 0.249 e. The summed E-state index contributed by atoms with van der Waals surface area (Å²) in [7, 11) is 1.57. The summed E-state index contributed by atoms with van der Waals surface area (Å²) >= 11 is 0. The van der Waals surface area contributed by atoms with Crippen molar-refractivity contribution in [3.8, 4) is 5.75 Å². The molecule has 0 aliphatic carbocycles. The third-order valence-corrected chi connectivity index (χ3v) is 3.87. The first-order valence-electron chi connectivity index (χ1n) is 7.89. The van der Waals surface area contributed by atoms with E-state index >= 15 is 0 Å². The molecular formula is C18H19N5O2. The minimum atomic E-state index is -0.567. The zero-order valence-corrected chi connectivity index (χ0v) is 14.1. The van der Waals surface area contributed by atoms with Gasteiger partial charge in [0, 0.05) is 6.42 Å². The Morgan fingerprint density at radius 3 is 2.72 bits per heavy atom. The van der Waals surface area contributed by atoms with Crippen LogP contribution in [0.4, 0.5) is 5.69 Å². The molecule has 0 spiro atoms. The van der Waals surface area contributed by atoms with Crippen LogP contribution in [-0.2, 0) is 11.2 Å². The van der Waals surface area contributed by atoms with Crippen LogP contribution in [-0.4, -0.2) is 33.2 Å². The number of methoxy groups -OCH3 is 1. The lowest BCUT2D eigenvalue weighted by Gasteiger charge is -2.18. The number of amides is 1. The van der Waals surface area contributed by atoms with Gasteiger partial charge >= 0.3 is 0 Å². The summed E-state index contributed by atoms with van der Waals surface area (Å²) in [4.78, 5) is 12.9. The lowest BCUT2D eigenvalue weighted by molar-refractivity contribution is -0.119. The lowest BCUT2D eigenvalue weighted by atomic mass is 10.1. The van der Waals surface area contributed by atoms with Crippen molar-refractivity contribution < 1.29 is 9.53 Å². The Balaban J connectivity index is 1.86. The molecule has 3 aromatic rings. The summed E-state index contributed by atoms with van der Waals surface area (Å²) in [6.07, 6.45) is 1.92. The van der Waals surface area contributed by atoms with Gasteiger partial charge in [-0.05, 0) is 40.6 Å². The number of tetrazole rings is 1. The van der Waals surface area contributed by atoms with Crippen molar-refractivity contribution in [3.05, 3.63) is 66.0 Å². The summed E-state index contributed by atoms with van der Waals surface area (Å²) in [5.74, 6) is 0.397. The average Bonchev–Trinajstić information content (AvgIpc) is 3.15. The molecule has 1 aromatic heterocycles. The number of hydrogen-bond acceptors (Lipinski definition) is 5. The predicted molar refractivity (Wildman–Crippen MR) is 93.4 cm³/mol. The molecule has 1 unspecified atom stereocenters. The maximum atomic E-state index is 12.9. The molecule has 1 N–H and O–H groups in total. The predicted octanol–water partition coefficient (Wildman–Crippen LogP) is 2.41. The second-order valence-corrected chi connectivity index (χ2v) is 5.69. The summed E-state index contributed by atoms with van der Waals surface area (Å²) in [6, 6.07) is 14.8. The Morgan fingerprint density at radius 2 is 2.04 bits per heavy atom. The largest absolute Gasteiger partial charge is 0.495 e. The van der Waals surface area contributed by atoms with Crippen LogP contribution >= 0.6 is 0 Å². The van der Waals surface area contributed by atoms with Crippen molar-refractivity contribution in [2.24, 2.45) is 0 Å². The summed E-state index contributed by atoms with van der Waals surface area (Å²) < 4.78 is 6.79. The van der Waals surface area contributed by atoms with Gasteiger partial charge in [-0.15, -0.1) is 5.10 Å². The number of nitrogens with one attached hydrogen (secondary N) is 1. The van der Waals surface area contributed by atoms with Gasteiger partial charge in [0.2, 0.25) is 5.91 Å². The van der Waals surface area contributed by atoms with Crippen LogP contribution in [0.2, 0.25) is 0 Å². The zero-order chi connectivity index (χ0) is 17.6. The zero-order valence-electron chi connectivity index (χ0n) is 14.1. The van der Waals surface area contributed by atoms with Crippen molar-refractivity contribution >= 4 is 11.6 Å². The number of ether oxygens (including phenoxy) is 1. The third-order valence-electron chi connectivity index (χ3n) is 3.87. The highest BCUT2D eigenvalue weighted by molar-refractivity contribution is 5.95. The van der Waals surface area contributed by atoms with Gasteiger partial charge in [-0.3, -0.25) is 4.79 Å². The van der Waals surface area contributed by atoms with Gasteiger partial charge in [0.25, 0.3) is 0 Å². The molecule has 0 aliphatic rings. The number of rotatable bonds is 6. The topological polar surface area (TPSA) is 81.9 Å². The second-order valence-electron chi connectivity index (χ2n) is 5.69. The molecule has 0 saturated heterocycles. The molecule has 7 nitrogen and oxygen atoms in total. The van der Waals surface area contributed by atoms with E-state index in [1.54, 1.807) is 7.11 Å². The van der Waals surface area contributed by atoms with Gasteiger partial charge < -0.3 is 10.1 Å². The molecule has 3 rings (SSSR count). The standard InChI is InChI=1S/C18H19N5O2/c1-13-8-9-17(25-2)15(10-13)20-18(24)16(23-12-19-21-22-23)11-14-6-4-3-5-7-14/h3-10,12,16H,11H2,1-2H3,(H,20,24). The van der Waals surface area contributed by atoms with E-state index < -0.39 is 6.04 Å². The lowest BCUT2D eigenvalue weighted by Crippen LogP contribution is -2.28. The normalized spacial score (nSPS) is 11.8. The Bertz CT molecular complexity index is 834. The third kappa shape index (κ3) is 4.00. The van der Waals surface area contributed by atoms with Crippen molar-refractivity contribution in [1.82, 2.24) is 20.2 Å². The Kier molecular flexibility index (Phi) is 5.03. The van der Waals surface area contributed by atoms with Crippen LogP contribution < -0.4 is 10.1 Å². The quantitative estimate of drug-likeness (QED) is 0.747. The summed E-state index contributed by atoms with van der Waals surface area (Å²) in [5, 5.41) is 14.1. The van der Waals surface area contributed by atoms with Crippen LogP contribution in [0.3, 0.4) is 0 Å². The fourth-order valence-electron chi connectivity index (χ4n) is 2.59.